The Morgan fingerprint density at radius 2 is 1.79 bits per heavy atom. The first-order valence-corrected chi connectivity index (χ1v) is 10.2. The smallest absolute Gasteiger partial charge is 0.232 e. The van der Waals surface area contributed by atoms with Crippen LogP contribution >= 0.6 is 15.9 Å². The quantitative estimate of drug-likeness (QED) is 0.594. The number of carbonyl (C=O) groups is 2. The highest BCUT2D eigenvalue weighted by molar-refractivity contribution is 9.10. The number of para-hydroxylation sites is 1. The zero-order chi connectivity index (χ0) is 20.1. The molecule has 2 aromatic rings. The maximum Gasteiger partial charge on any atom is 0.232 e. The molecule has 2 aliphatic rings. The van der Waals surface area contributed by atoms with E-state index in [0.717, 1.165) is 10.2 Å². The van der Waals surface area contributed by atoms with Crippen LogP contribution in [0.4, 0.5) is 10.1 Å². The van der Waals surface area contributed by atoms with Crippen LogP contribution in [0.3, 0.4) is 0 Å². The number of amides is 1. The van der Waals surface area contributed by atoms with Crippen LogP contribution in [0, 0.1) is 11.2 Å². The number of ketones is 1. The highest BCUT2D eigenvalue weighted by Crippen LogP contribution is 2.48. The fourth-order valence-electron chi connectivity index (χ4n) is 4.34. The molecule has 144 valence electrons. The van der Waals surface area contributed by atoms with E-state index in [1.54, 1.807) is 17.0 Å². The fourth-order valence-corrected chi connectivity index (χ4v) is 4.72. The Morgan fingerprint density at radius 1 is 1.07 bits per heavy atom. The van der Waals surface area contributed by atoms with Gasteiger partial charge in [0.1, 0.15) is 5.82 Å². The lowest BCUT2D eigenvalue weighted by atomic mass is 9.69. The van der Waals surface area contributed by atoms with E-state index in [1.807, 2.05) is 44.2 Å². The molecule has 1 amide bonds. The van der Waals surface area contributed by atoms with E-state index in [-0.39, 0.29) is 23.5 Å². The molecule has 0 spiro atoms. The van der Waals surface area contributed by atoms with Crippen molar-refractivity contribution in [3.05, 3.63) is 75.7 Å². The summed E-state index contributed by atoms with van der Waals surface area (Å²) in [6.07, 6.45) is 1.07. The maximum absolute atomic E-state index is 14.7. The zero-order valence-electron chi connectivity index (χ0n) is 15.8. The molecule has 1 atom stereocenters. The van der Waals surface area contributed by atoms with Crippen LogP contribution in [0.1, 0.15) is 44.6 Å². The number of carbonyl (C=O) groups excluding carboxylic acids is 2. The Labute approximate surface area is 172 Å². The molecule has 0 N–H and O–H groups in total. The number of hydrogen-bond acceptors (Lipinski definition) is 2. The van der Waals surface area contributed by atoms with Gasteiger partial charge in [0.15, 0.2) is 5.78 Å². The second-order valence-electron chi connectivity index (χ2n) is 8.29. The van der Waals surface area contributed by atoms with E-state index >= 15 is 0 Å². The van der Waals surface area contributed by atoms with Crippen molar-refractivity contribution in [3.8, 4) is 0 Å². The average molecular weight is 442 g/mol. The Balaban J connectivity index is 1.93. The number of rotatable bonds is 2. The lowest BCUT2D eigenvalue weighted by molar-refractivity contribution is -0.121. The number of anilines is 1. The van der Waals surface area contributed by atoms with Gasteiger partial charge < -0.3 is 0 Å². The summed E-state index contributed by atoms with van der Waals surface area (Å²) >= 11 is 3.38. The summed E-state index contributed by atoms with van der Waals surface area (Å²) in [6, 6.07) is 14.1. The lowest BCUT2D eigenvalue weighted by Gasteiger charge is -2.43. The van der Waals surface area contributed by atoms with Gasteiger partial charge in [-0.15, -0.1) is 0 Å². The Hall–Kier alpha value is -2.27. The third-order valence-electron chi connectivity index (χ3n) is 5.49. The number of Topliss-reactive ketones (excluding diaryl/α,β-unsaturated/α-hetero) is 1. The minimum absolute atomic E-state index is 0.00376. The second kappa shape index (κ2) is 6.96. The van der Waals surface area contributed by atoms with Gasteiger partial charge in [0.2, 0.25) is 5.91 Å². The van der Waals surface area contributed by atoms with Crippen LogP contribution in [0.5, 0.6) is 0 Å². The molecule has 1 aliphatic carbocycles. The molecule has 1 heterocycles. The molecule has 28 heavy (non-hydrogen) atoms. The van der Waals surface area contributed by atoms with Gasteiger partial charge in [-0.3, -0.25) is 14.5 Å². The first kappa shape index (κ1) is 19.1. The molecule has 1 unspecified atom stereocenters. The highest BCUT2D eigenvalue weighted by atomic mass is 79.9. The topological polar surface area (TPSA) is 37.4 Å². The molecule has 0 fully saturated rings. The SMILES string of the molecule is CC1(C)CC(=O)C2=C(C1)N(c1ccccc1)C(=O)CC2c1cc(Br)ccc1F. The van der Waals surface area contributed by atoms with Gasteiger partial charge in [0, 0.05) is 40.2 Å². The highest BCUT2D eigenvalue weighted by Gasteiger charge is 2.44. The van der Waals surface area contributed by atoms with Gasteiger partial charge >= 0.3 is 0 Å². The predicted octanol–water partition coefficient (Wildman–Crippen LogP) is 5.75. The van der Waals surface area contributed by atoms with Gasteiger partial charge in [-0.25, -0.2) is 4.39 Å². The largest absolute Gasteiger partial charge is 0.294 e. The summed E-state index contributed by atoms with van der Waals surface area (Å²) < 4.78 is 15.4. The molecular weight excluding hydrogens is 421 g/mol. The first-order chi connectivity index (χ1) is 13.3. The monoisotopic (exact) mass is 441 g/mol. The molecule has 1 aliphatic heterocycles. The molecular formula is C23H21BrFNO2. The summed E-state index contributed by atoms with van der Waals surface area (Å²) in [4.78, 5) is 28.0. The van der Waals surface area contributed by atoms with Crippen molar-refractivity contribution in [1.82, 2.24) is 0 Å². The number of hydrogen-bond donors (Lipinski definition) is 0. The molecule has 5 heteroatoms. The van der Waals surface area contributed by atoms with E-state index in [4.69, 9.17) is 0 Å². The standard InChI is InChI=1S/C23H21BrFNO2/c1-23(2)12-19-22(20(27)13-23)17(16-10-14(24)8-9-18(16)25)11-21(28)26(19)15-6-4-3-5-7-15/h3-10,17H,11-13H2,1-2H3. The van der Waals surface area contributed by atoms with Crippen molar-refractivity contribution in [3.63, 3.8) is 0 Å². The van der Waals surface area contributed by atoms with Crippen LogP contribution < -0.4 is 4.90 Å². The zero-order valence-corrected chi connectivity index (χ0v) is 17.4. The van der Waals surface area contributed by atoms with Crippen molar-refractivity contribution in [1.29, 1.82) is 0 Å². The maximum atomic E-state index is 14.7. The molecule has 4 rings (SSSR count). The predicted molar refractivity (Wildman–Crippen MR) is 110 cm³/mol. The molecule has 3 nitrogen and oxygen atoms in total. The van der Waals surface area contributed by atoms with Gasteiger partial charge in [-0.05, 0) is 47.7 Å². The van der Waals surface area contributed by atoms with Crippen LogP contribution in [0.15, 0.2) is 64.3 Å². The van der Waals surface area contributed by atoms with Crippen LogP contribution in [-0.2, 0) is 9.59 Å². The summed E-state index contributed by atoms with van der Waals surface area (Å²) in [5.74, 6) is -1.05. The molecule has 0 saturated heterocycles. The van der Waals surface area contributed by atoms with E-state index in [1.165, 1.54) is 6.07 Å². The number of allylic oxidation sites excluding steroid dienone is 2. The molecule has 0 radical (unpaired) electrons. The van der Waals surface area contributed by atoms with Crippen LogP contribution in [-0.4, -0.2) is 11.7 Å². The molecule has 0 aromatic heterocycles. The van der Waals surface area contributed by atoms with E-state index in [2.05, 4.69) is 15.9 Å². The first-order valence-electron chi connectivity index (χ1n) is 9.36. The Morgan fingerprint density at radius 3 is 2.50 bits per heavy atom. The number of benzene rings is 2. The van der Waals surface area contributed by atoms with Gasteiger partial charge in [0.25, 0.3) is 0 Å². The normalized spacial score (nSPS) is 21.7. The van der Waals surface area contributed by atoms with Gasteiger partial charge in [-0.2, -0.15) is 0 Å². The number of halogens is 2. The van der Waals surface area contributed by atoms with Crippen molar-refractivity contribution >= 4 is 33.3 Å². The number of nitrogens with zero attached hydrogens (tertiary/aromatic N) is 1. The van der Waals surface area contributed by atoms with Gasteiger partial charge in [-0.1, -0.05) is 48.0 Å². The summed E-state index contributed by atoms with van der Waals surface area (Å²) in [5.41, 5.74) is 2.20. The lowest BCUT2D eigenvalue weighted by Crippen LogP contribution is -2.43. The molecule has 2 aromatic carbocycles. The Bertz CT molecular complexity index is 997. The fraction of sp³-hybridized carbons (Fsp3) is 0.304. The van der Waals surface area contributed by atoms with Crippen molar-refractivity contribution < 1.29 is 14.0 Å². The second-order valence-corrected chi connectivity index (χ2v) is 9.20. The minimum atomic E-state index is -0.552. The molecule has 0 bridgehead atoms. The Kier molecular flexibility index (Phi) is 4.74. The van der Waals surface area contributed by atoms with E-state index < -0.39 is 11.7 Å². The average Bonchev–Trinajstić information content (AvgIpc) is 2.62. The van der Waals surface area contributed by atoms with Crippen molar-refractivity contribution in [2.24, 2.45) is 5.41 Å². The third-order valence-corrected chi connectivity index (χ3v) is 5.98. The molecule has 0 saturated carbocycles. The minimum Gasteiger partial charge on any atom is -0.294 e. The summed E-state index contributed by atoms with van der Waals surface area (Å²) in [6.45, 7) is 4.07. The van der Waals surface area contributed by atoms with Crippen molar-refractivity contribution in [2.45, 2.75) is 39.0 Å². The summed E-state index contributed by atoms with van der Waals surface area (Å²) in [7, 11) is 0. The van der Waals surface area contributed by atoms with E-state index in [0.29, 0.717) is 29.7 Å². The summed E-state index contributed by atoms with van der Waals surface area (Å²) in [5, 5.41) is 0. The van der Waals surface area contributed by atoms with E-state index in [9.17, 15) is 14.0 Å². The van der Waals surface area contributed by atoms with Crippen LogP contribution in [0.25, 0.3) is 0 Å². The van der Waals surface area contributed by atoms with Crippen LogP contribution in [0.2, 0.25) is 0 Å². The van der Waals surface area contributed by atoms with Gasteiger partial charge in [0.05, 0.1) is 0 Å². The van der Waals surface area contributed by atoms with Crippen molar-refractivity contribution in [2.75, 3.05) is 4.90 Å². The third kappa shape index (κ3) is 3.32.